The van der Waals surface area contributed by atoms with Crippen molar-refractivity contribution < 1.29 is 9.66 Å². The Morgan fingerprint density at radius 1 is 1.47 bits per heavy atom. The van der Waals surface area contributed by atoms with Crippen LogP contribution >= 0.6 is 0 Å². The first-order valence-electron chi connectivity index (χ1n) is 6.27. The van der Waals surface area contributed by atoms with Crippen LogP contribution in [0.5, 0.6) is 0 Å². The SMILES string of the molecule is CCOC1CC(Nc2cccc(NN)c2[N+](=O)[O-])C1. The smallest absolute Gasteiger partial charge is 0.316 e. The third-order valence-electron chi connectivity index (χ3n) is 3.23. The van der Waals surface area contributed by atoms with Gasteiger partial charge in [-0.2, -0.15) is 0 Å². The highest BCUT2D eigenvalue weighted by Crippen LogP contribution is 2.35. The Morgan fingerprint density at radius 3 is 2.74 bits per heavy atom. The van der Waals surface area contributed by atoms with E-state index >= 15 is 0 Å². The van der Waals surface area contributed by atoms with Crippen LogP contribution in [0.4, 0.5) is 17.1 Å². The van der Waals surface area contributed by atoms with E-state index in [2.05, 4.69) is 10.7 Å². The fourth-order valence-electron chi connectivity index (χ4n) is 2.25. The van der Waals surface area contributed by atoms with Crippen LogP contribution in [0.25, 0.3) is 0 Å². The van der Waals surface area contributed by atoms with Gasteiger partial charge in [-0.15, -0.1) is 0 Å². The van der Waals surface area contributed by atoms with Crippen molar-refractivity contribution in [1.29, 1.82) is 0 Å². The number of hydrogen-bond donors (Lipinski definition) is 3. The summed E-state index contributed by atoms with van der Waals surface area (Å²) in [5, 5.41) is 14.3. The number of benzene rings is 1. The van der Waals surface area contributed by atoms with Crippen LogP contribution in [0.2, 0.25) is 0 Å². The molecule has 1 aromatic rings. The van der Waals surface area contributed by atoms with Crippen molar-refractivity contribution in [3.8, 4) is 0 Å². The van der Waals surface area contributed by atoms with Gasteiger partial charge in [-0.05, 0) is 31.9 Å². The molecule has 1 saturated carbocycles. The third kappa shape index (κ3) is 2.94. The maximum atomic E-state index is 11.1. The van der Waals surface area contributed by atoms with Crippen LogP contribution in [0.15, 0.2) is 18.2 Å². The van der Waals surface area contributed by atoms with Crippen LogP contribution < -0.4 is 16.6 Å². The molecule has 1 aliphatic carbocycles. The molecule has 0 spiro atoms. The maximum absolute atomic E-state index is 11.1. The zero-order valence-electron chi connectivity index (χ0n) is 10.8. The predicted molar refractivity (Wildman–Crippen MR) is 73.0 cm³/mol. The van der Waals surface area contributed by atoms with Crippen molar-refractivity contribution in [2.24, 2.45) is 5.84 Å². The molecule has 2 rings (SSSR count). The van der Waals surface area contributed by atoms with Gasteiger partial charge in [0.1, 0.15) is 11.4 Å². The average Bonchev–Trinajstić information content (AvgIpc) is 2.35. The molecule has 1 aromatic carbocycles. The summed E-state index contributed by atoms with van der Waals surface area (Å²) in [6.07, 6.45) is 1.99. The first-order valence-corrected chi connectivity index (χ1v) is 6.27. The largest absolute Gasteiger partial charge is 0.378 e. The first-order chi connectivity index (χ1) is 9.15. The van der Waals surface area contributed by atoms with E-state index in [1.165, 1.54) is 0 Å². The zero-order chi connectivity index (χ0) is 13.8. The molecule has 0 bridgehead atoms. The van der Waals surface area contributed by atoms with Gasteiger partial charge in [0.05, 0.1) is 11.0 Å². The summed E-state index contributed by atoms with van der Waals surface area (Å²) >= 11 is 0. The van der Waals surface area contributed by atoms with Gasteiger partial charge >= 0.3 is 5.69 Å². The molecule has 0 saturated heterocycles. The molecule has 4 N–H and O–H groups in total. The van der Waals surface area contributed by atoms with Crippen LogP contribution in [-0.2, 0) is 4.74 Å². The number of anilines is 2. The highest BCUT2D eigenvalue weighted by Gasteiger charge is 2.31. The summed E-state index contributed by atoms with van der Waals surface area (Å²) in [5.41, 5.74) is 3.11. The topological polar surface area (TPSA) is 102 Å². The van der Waals surface area contributed by atoms with Gasteiger partial charge in [-0.25, -0.2) is 0 Å². The van der Waals surface area contributed by atoms with E-state index in [1.807, 2.05) is 6.92 Å². The molecular formula is C12H18N4O3. The van der Waals surface area contributed by atoms with Crippen molar-refractivity contribution in [3.05, 3.63) is 28.3 Å². The van der Waals surface area contributed by atoms with Crippen molar-refractivity contribution in [3.63, 3.8) is 0 Å². The summed E-state index contributed by atoms with van der Waals surface area (Å²) in [4.78, 5) is 10.7. The number of nitrogen functional groups attached to an aromatic ring is 1. The lowest BCUT2D eigenvalue weighted by molar-refractivity contribution is -0.383. The minimum Gasteiger partial charge on any atom is -0.378 e. The predicted octanol–water partition coefficient (Wildman–Crippen LogP) is 1.86. The van der Waals surface area contributed by atoms with Gasteiger partial charge < -0.3 is 15.5 Å². The Balaban J connectivity index is 2.07. The molecule has 0 unspecified atom stereocenters. The lowest BCUT2D eigenvalue weighted by Gasteiger charge is -2.35. The van der Waals surface area contributed by atoms with Crippen molar-refractivity contribution in [2.45, 2.75) is 31.9 Å². The van der Waals surface area contributed by atoms with Crippen LogP contribution in [0, 0.1) is 10.1 Å². The number of nitrogens with two attached hydrogens (primary N) is 1. The van der Waals surface area contributed by atoms with Gasteiger partial charge in [-0.3, -0.25) is 16.0 Å². The highest BCUT2D eigenvalue weighted by molar-refractivity contribution is 5.76. The van der Waals surface area contributed by atoms with Crippen LogP contribution in [-0.4, -0.2) is 23.7 Å². The zero-order valence-corrected chi connectivity index (χ0v) is 10.8. The second-order valence-electron chi connectivity index (χ2n) is 4.49. The summed E-state index contributed by atoms with van der Waals surface area (Å²) in [6.45, 7) is 2.66. The molecule has 104 valence electrons. The van der Waals surface area contributed by atoms with Gasteiger partial charge in [0.15, 0.2) is 0 Å². The number of para-hydroxylation sites is 1. The number of ether oxygens (including phenoxy) is 1. The Kier molecular flexibility index (Phi) is 4.18. The van der Waals surface area contributed by atoms with Gasteiger partial charge in [0, 0.05) is 12.6 Å². The van der Waals surface area contributed by atoms with Gasteiger partial charge in [0.25, 0.3) is 0 Å². The molecule has 0 aromatic heterocycles. The van der Waals surface area contributed by atoms with E-state index in [0.717, 1.165) is 12.8 Å². The fourth-order valence-corrected chi connectivity index (χ4v) is 2.25. The molecule has 0 atom stereocenters. The minimum absolute atomic E-state index is 0.0233. The lowest BCUT2D eigenvalue weighted by atomic mass is 9.89. The monoisotopic (exact) mass is 266 g/mol. The molecule has 0 radical (unpaired) electrons. The Hall–Kier alpha value is -1.86. The number of nitro groups is 1. The average molecular weight is 266 g/mol. The van der Waals surface area contributed by atoms with E-state index in [1.54, 1.807) is 18.2 Å². The highest BCUT2D eigenvalue weighted by atomic mass is 16.6. The molecule has 0 amide bonds. The Bertz CT molecular complexity index is 460. The van der Waals surface area contributed by atoms with Gasteiger partial charge in [-0.1, -0.05) is 6.07 Å². The number of rotatable bonds is 6. The summed E-state index contributed by atoms with van der Waals surface area (Å²) in [6, 6.07) is 5.20. The quantitative estimate of drug-likeness (QED) is 0.412. The number of hydrogen-bond acceptors (Lipinski definition) is 6. The standard InChI is InChI=1S/C12H18N4O3/c1-2-19-9-6-8(7-9)14-10-4-3-5-11(15-13)12(10)16(17)18/h3-5,8-9,14-15H,2,6-7,13H2,1H3. The third-order valence-corrected chi connectivity index (χ3v) is 3.23. The molecule has 19 heavy (non-hydrogen) atoms. The van der Waals surface area contributed by atoms with Gasteiger partial charge in [0.2, 0.25) is 0 Å². The van der Waals surface area contributed by atoms with Crippen molar-refractivity contribution in [2.75, 3.05) is 17.3 Å². The molecule has 7 heteroatoms. The normalized spacial score (nSPS) is 21.6. The van der Waals surface area contributed by atoms with Crippen molar-refractivity contribution in [1.82, 2.24) is 0 Å². The maximum Gasteiger partial charge on any atom is 0.316 e. The second-order valence-corrected chi connectivity index (χ2v) is 4.49. The summed E-state index contributed by atoms with van der Waals surface area (Å²) in [7, 11) is 0. The van der Waals surface area contributed by atoms with E-state index in [9.17, 15) is 10.1 Å². The molecule has 0 aliphatic heterocycles. The molecule has 1 fully saturated rings. The summed E-state index contributed by atoms with van der Waals surface area (Å²) in [5.74, 6) is 5.29. The number of nitrogens with zero attached hydrogens (tertiary/aromatic N) is 1. The molecule has 1 aliphatic rings. The first kappa shape index (κ1) is 13.6. The molecule has 0 heterocycles. The number of hydrazine groups is 1. The Labute approximate surface area is 111 Å². The fraction of sp³-hybridized carbons (Fsp3) is 0.500. The summed E-state index contributed by atoms with van der Waals surface area (Å²) < 4.78 is 5.46. The van der Waals surface area contributed by atoms with E-state index in [0.29, 0.717) is 18.0 Å². The van der Waals surface area contributed by atoms with Crippen molar-refractivity contribution >= 4 is 17.1 Å². The van der Waals surface area contributed by atoms with Crippen LogP contribution in [0.1, 0.15) is 19.8 Å². The number of nitrogens with one attached hydrogen (secondary N) is 2. The Morgan fingerprint density at radius 2 is 2.16 bits per heavy atom. The second kappa shape index (κ2) is 5.85. The van der Waals surface area contributed by atoms with Crippen LogP contribution in [0.3, 0.4) is 0 Å². The molecule has 7 nitrogen and oxygen atoms in total. The van der Waals surface area contributed by atoms with E-state index in [4.69, 9.17) is 10.6 Å². The van der Waals surface area contributed by atoms with E-state index in [-0.39, 0.29) is 17.8 Å². The lowest BCUT2D eigenvalue weighted by Crippen LogP contribution is -2.40. The number of nitro benzene ring substituents is 1. The molecular weight excluding hydrogens is 248 g/mol. The minimum atomic E-state index is -0.434. The van der Waals surface area contributed by atoms with E-state index < -0.39 is 4.92 Å².